The molecule has 60 heavy (non-hydrogen) atoms. The Morgan fingerprint density at radius 3 is 0.650 bits per heavy atom. The first kappa shape index (κ1) is 57.8. The smallest absolute Gasteiger partial charge is 0.351 e. The molecule has 0 heterocycles. The summed E-state index contributed by atoms with van der Waals surface area (Å²) >= 11 is 0. The molecular formula is C24H19F34NSi. The van der Waals surface area contributed by atoms with Crippen molar-refractivity contribution in [2.75, 3.05) is 0 Å². The molecule has 36 heteroatoms. The molecule has 0 unspecified atom stereocenters. The molecule has 0 aliphatic carbocycles. The lowest BCUT2D eigenvalue weighted by Gasteiger charge is -2.43. The minimum atomic E-state index is -9.10. The van der Waals surface area contributed by atoms with Crippen molar-refractivity contribution in [1.82, 2.24) is 0 Å². The quantitative estimate of drug-likeness (QED) is 0.0900. The van der Waals surface area contributed by atoms with Crippen molar-refractivity contribution in [2.24, 2.45) is 5.40 Å². The molecule has 0 aromatic carbocycles. The van der Waals surface area contributed by atoms with Crippen LogP contribution in [0.3, 0.4) is 0 Å². The molecule has 0 rings (SSSR count). The van der Waals surface area contributed by atoms with Crippen LogP contribution in [0.15, 0.2) is 0 Å². The van der Waals surface area contributed by atoms with Gasteiger partial charge < -0.3 is 5.40 Å². The van der Waals surface area contributed by atoms with Gasteiger partial charge in [-0.15, -0.1) is 0 Å². The van der Waals surface area contributed by atoms with Gasteiger partial charge in [0.05, 0.1) is 0 Å². The number of rotatable bonds is 21. The molecule has 0 saturated carbocycles. The van der Waals surface area contributed by atoms with E-state index in [1.165, 1.54) is 0 Å². The first-order chi connectivity index (χ1) is 25.5. The van der Waals surface area contributed by atoms with E-state index >= 15 is 0 Å². The average Bonchev–Trinajstić information content (AvgIpc) is 3.03. The molecule has 0 aromatic heterocycles. The molecule has 1 nitrogen and oxygen atoms in total. The second kappa shape index (κ2) is 15.5. The van der Waals surface area contributed by atoms with Gasteiger partial charge in [-0.05, 0) is 18.1 Å². The van der Waals surface area contributed by atoms with E-state index in [0.717, 1.165) is 6.92 Å². The molecular weight excluding hydrogens is 976 g/mol. The molecule has 0 spiro atoms. The minimum Gasteiger partial charge on any atom is -0.351 e. The topological polar surface area (TPSA) is 26.0 Å². The third-order valence-corrected chi connectivity index (χ3v) is 12.3. The van der Waals surface area contributed by atoms with Gasteiger partial charge in [-0.3, -0.25) is 0 Å². The third-order valence-electron chi connectivity index (χ3n) is 8.48. The first-order valence-electron chi connectivity index (χ1n) is 14.7. The third kappa shape index (κ3) is 8.22. The van der Waals surface area contributed by atoms with E-state index in [-0.39, 0.29) is 0 Å². The summed E-state index contributed by atoms with van der Waals surface area (Å²) < 4.78 is 460. The van der Waals surface area contributed by atoms with Crippen molar-refractivity contribution in [3.8, 4) is 0 Å². The van der Waals surface area contributed by atoms with E-state index in [9.17, 15) is 149 Å². The first-order valence-corrected chi connectivity index (χ1v) is 17.4. The van der Waals surface area contributed by atoms with Gasteiger partial charge >= 0.3 is 95.3 Å². The summed E-state index contributed by atoms with van der Waals surface area (Å²) in [5.74, 6) is -121. The van der Waals surface area contributed by atoms with E-state index in [2.05, 4.69) is 0 Å². The number of nitrogens with two attached hydrogens (primary N) is 1. The summed E-state index contributed by atoms with van der Waals surface area (Å²) in [5.41, 5.74) is 0. The summed E-state index contributed by atoms with van der Waals surface area (Å²) in [5, 5.41) is 5.30. The summed E-state index contributed by atoms with van der Waals surface area (Å²) in [4.78, 5) is 0. The maximum Gasteiger partial charge on any atom is 0.460 e. The van der Waals surface area contributed by atoms with Gasteiger partial charge in [-0.1, -0.05) is 19.8 Å². The molecule has 0 radical (unpaired) electrons. The van der Waals surface area contributed by atoms with Gasteiger partial charge in [0.1, 0.15) is 8.24 Å². The Morgan fingerprint density at radius 1 is 0.283 bits per heavy atom. The highest BCUT2D eigenvalue weighted by molar-refractivity contribution is 6.76. The second-order valence-electron chi connectivity index (χ2n) is 12.8. The lowest BCUT2D eigenvalue weighted by atomic mass is 9.88. The van der Waals surface area contributed by atoms with Crippen molar-refractivity contribution < 1.29 is 149 Å². The average molecular weight is 995 g/mol. The van der Waals surface area contributed by atoms with Crippen LogP contribution >= 0.6 is 0 Å². The van der Waals surface area contributed by atoms with E-state index in [4.69, 9.17) is 5.40 Å². The van der Waals surface area contributed by atoms with Crippen LogP contribution in [0, 0.1) is 0 Å². The molecule has 0 saturated heterocycles. The largest absolute Gasteiger partial charge is 0.460 e. The molecule has 0 atom stereocenters. The highest BCUT2D eigenvalue weighted by Crippen LogP contribution is 2.66. The highest BCUT2D eigenvalue weighted by Gasteiger charge is 2.97. The van der Waals surface area contributed by atoms with Crippen molar-refractivity contribution in [1.29, 1.82) is 0 Å². The van der Waals surface area contributed by atoms with Crippen molar-refractivity contribution in [3.63, 3.8) is 0 Å². The van der Waals surface area contributed by atoms with Crippen LogP contribution in [-0.2, 0) is 0 Å². The minimum absolute atomic E-state index is 0.475. The van der Waals surface area contributed by atoms with Gasteiger partial charge in [0, 0.05) is 12.8 Å². The Bertz CT molecular complexity index is 1370. The normalized spacial score (nSPS) is 16.8. The maximum atomic E-state index is 14.4. The van der Waals surface area contributed by atoms with E-state index in [1.54, 1.807) is 0 Å². The van der Waals surface area contributed by atoms with E-state index < -0.39 is 147 Å². The molecule has 0 aliphatic heterocycles. The van der Waals surface area contributed by atoms with E-state index in [1.807, 2.05) is 0 Å². The fourth-order valence-electron chi connectivity index (χ4n) is 4.42. The standard InChI is InChI=1S/C24H19F34NSi/c1-2-3-6-60(59,7-4-9(25,26)11(29,30)13(33,34)15(37,38)17(41,42)19(45,46)21(49,50)23(53,54)55)8-5-10(27,28)12(31,32)14(35,36)16(39,40)18(43,44)20(47,48)22(51,52)24(56,57)58/h2-8,59H2,1H3. The Labute approximate surface area is 310 Å². The number of hydrogen-bond acceptors (Lipinski definition) is 1. The number of hydrogen-bond donors (Lipinski definition) is 1. The summed E-state index contributed by atoms with van der Waals surface area (Å²) in [6.07, 6.45) is -24.5. The Hall–Kier alpha value is -2.20. The zero-order chi connectivity index (χ0) is 49.4. The van der Waals surface area contributed by atoms with Gasteiger partial charge in [0.2, 0.25) is 0 Å². The zero-order valence-corrected chi connectivity index (χ0v) is 28.9. The molecule has 0 amide bonds. The molecule has 0 aliphatic rings. The van der Waals surface area contributed by atoms with Crippen molar-refractivity contribution in [2.45, 2.75) is 146 Å². The zero-order valence-electron chi connectivity index (χ0n) is 27.9. The molecule has 2 N–H and O–H groups in total. The summed E-state index contributed by atoms with van der Waals surface area (Å²) in [7, 11) is -5.56. The Morgan fingerprint density at radius 2 is 0.467 bits per heavy atom. The van der Waals surface area contributed by atoms with Crippen molar-refractivity contribution in [3.05, 3.63) is 0 Å². The van der Waals surface area contributed by atoms with Crippen molar-refractivity contribution >= 4 is 8.24 Å². The lowest BCUT2D eigenvalue weighted by Crippen LogP contribution is -2.74. The molecule has 0 aromatic rings. The molecule has 362 valence electrons. The van der Waals surface area contributed by atoms with Crippen LogP contribution in [0.5, 0.6) is 0 Å². The Kier molecular flexibility index (Phi) is 14.9. The second-order valence-corrected chi connectivity index (χ2v) is 17.0. The van der Waals surface area contributed by atoms with Crippen LogP contribution in [0.4, 0.5) is 149 Å². The van der Waals surface area contributed by atoms with E-state index in [0.29, 0.717) is 0 Å². The summed E-state index contributed by atoms with van der Waals surface area (Å²) in [6.45, 7) is 0.947. The number of alkyl halides is 34. The molecule has 0 fully saturated rings. The Balaban J connectivity index is 7.00. The van der Waals surface area contributed by atoms with Gasteiger partial charge in [-0.25, -0.2) is 0 Å². The number of halogens is 34. The SMILES string of the molecule is CCCC[Si](N)(CCC(F)(F)C(F)(F)C(F)(F)C(F)(F)C(F)(F)C(F)(F)C(F)(F)C(F)(F)F)CCC(F)(F)C(F)(F)C(F)(F)C(F)(F)C(F)(F)C(F)(F)C(F)(F)C(F)(F)F. The highest BCUT2D eigenvalue weighted by atomic mass is 28.3. The van der Waals surface area contributed by atoms with Crippen LogP contribution in [0.25, 0.3) is 0 Å². The molecule has 0 bridgehead atoms. The van der Waals surface area contributed by atoms with Crippen LogP contribution in [0.1, 0.15) is 32.6 Å². The fraction of sp³-hybridized carbons (Fsp3) is 1.00. The number of unbranched alkanes of at least 4 members (excludes halogenated alkanes) is 1. The van der Waals surface area contributed by atoms with Crippen LogP contribution < -0.4 is 5.40 Å². The fourth-order valence-corrected chi connectivity index (χ4v) is 7.85. The predicted molar refractivity (Wildman–Crippen MR) is 130 cm³/mol. The maximum absolute atomic E-state index is 14.4. The summed E-state index contributed by atoms with van der Waals surface area (Å²) in [6, 6.07) is -6.46. The lowest BCUT2D eigenvalue weighted by molar-refractivity contribution is -0.461. The van der Waals surface area contributed by atoms with Crippen LogP contribution in [0.2, 0.25) is 18.1 Å². The van der Waals surface area contributed by atoms with Crippen LogP contribution in [-0.4, -0.2) is 104 Å². The predicted octanol–water partition coefficient (Wildman–Crippen LogP) is 13.5. The monoisotopic (exact) mass is 995 g/mol. The van der Waals surface area contributed by atoms with Gasteiger partial charge in [-0.2, -0.15) is 149 Å². The van der Waals surface area contributed by atoms with Gasteiger partial charge in [0.25, 0.3) is 0 Å². The van der Waals surface area contributed by atoms with Gasteiger partial charge in [0.15, 0.2) is 0 Å².